The van der Waals surface area contributed by atoms with Crippen LogP contribution in [-0.4, -0.2) is 16.0 Å². The lowest BCUT2D eigenvalue weighted by molar-refractivity contribution is 0.252. The normalized spacial score (nSPS) is 26.7. The van der Waals surface area contributed by atoms with Gasteiger partial charge in [0.15, 0.2) is 0 Å². The van der Waals surface area contributed by atoms with Crippen LogP contribution >= 0.6 is 0 Å². The Hall–Kier alpha value is -1.32. The molecule has 1 fully saturated rings. The van der Waals surface area contributed by atoms with Crippen molar-refractivity contribution in [2.75, 3.05) is 11.1 Å². The number of anilines is 2. The standard InChI is InChI=1S/C17H30N4/c1-10-8-7-9-13(11(10)2)19-15-12(3)14(18)20-16(21-15)17(4,5)6/h10-11,13H,7-9H2,1-6H3,(H3,18,19,20,21). The first-order valence-electron chi connectivity index (χ1n) is 8.11. The van der Waals surface area contributed by atoms with Crippen LogP contribution in [0, 0.1) is 18.8 Å². The second-order valence-corrected chi connectivity index (χ2v) is 7.67. The van der Waals surface area contributed by atoms with Crippen LogP contribution in [0.15, 0.2) is 0 Å². The molecule has 0 bridgehead atoms. The van der Waals surface area contributed by atoms with Gasteiger partial charge >= 0.3 is 0 Å². The number of hydrogen-bond acceptors (Lipinski definition) is 4. The molecule has 2 rings (SSSR count). The lowest BCUT2D eigenvalue weighted by Gasteiger charge is -2.35. The van der Waals surface area contributed by atoms with Crippen LogP contribution in [0.2, 0.25) is 0 Å². The Morgan fingerprint density at radius 1 is 1.14 bits per heavy atom. The van der Waals surface area contributed by atoms with E-state index in [1.165, 1.54) is 19.3 Å². The molecule has 1 aliphatic rings. The van der Waals surface area contributed by atoms with Gasteiger partial charge in [-0.3, -0.25) is 0 Å². The third-order valence-corrected chi connectivity index (χ3v) is 4.88. The number of aromatic nitrogens is 2. The molecule has 3 atom stereocenters. The van der Waals surface area contributed by atoms with Crippen molar-refractivity contribution in [3.05, 3.63) is 11.4 Å². The monoisotopic (exact) mass is 290 g/mol. The molecule has 0 saturated heterocycles. The molecule has 1 saturated carbocycles. The summed E-state index contributed by atoms with van der Waals surface area (Å²) in [5.41, 5.74) is 6.97. The molecule has 118 valence electrons. The van der Waals surface area contributed by atoms with Gasteiger partial charge in [0.2, 0.25) is 0 Å². The molecular weight excluding hydrogens is 260 g/mol. The summed E-state index contributed by atoms with van der Waals surface area (Å²) in [5.74, 6) is 3.74. The van der Waals surface area contributed by atoms with Crippen molar-refractivity contribution in [1.29, 1.82) is 0 Å². The maximum Gasteiger partial charge on any atom is 0.138 e. The number of nitrogen functional groups attached to an aromatic ring is 1. The second kappa shape index (κ2) is 5.82. The molecule has 3 unspecified atom stereocenters. The molecule has 0 aromatic carbocycles. The summed E-state index contributed by atoms with van der Waals surface area (Å²) in [6.07, 6.45) is 3.83. The first-order valence-corrected chi connectivity index (χ1v) is 8.11. The van der Waals surface area contributed by atoms with E-state index in [4.69, 9.17) is 10.7 Å². The third kappa shape index (κ3) is 3.47. The van der Waals surface area contributed by atoms with Gasteiger partial charge in [-0.1, -0.05) is 47.5 Å². The van der Waals surface area contributed by atoms with E-state index >= 15 is 0 Å². The molecule has 1 aliphatic carbocycles. The van der Waals surface area contributed by atoms with Gasteiger partial charge in [0.25, 0.3) is 0 Å². The van der Waals surface area contributed by atoms with Gasteiger partial charge in [0, 0.05) is 17.0 Å². The van der Waals surface area contributed by atoms with Crippen LogP contribution in [0.25, 0.3) is 0 Å². The van der Waals surface area contributed by atoms with Crippen LogP contribution in [0.3, 0.4) is 0 Å². The Morgan fingerprint density at radius 3 is 2.43 bits per heavy atom. The van der Waals surface area contributed by atoms with Crippen molar-refractivity contribution in [2.24, 2.45) is 11.8 Å². The van der Waals surface area contributed by atoms with E-state index in [1.807, 2.05) is 6.92 Å². The summed E-state index contributed by atoms with van der Waals surface area (Å²) < 4.78 is 0. The summed E-state index contributed by atoms with van der Waals surface area (Å²) in [4.78, 5) is 9.21. The molecule has 1 aromatic heterocycles. The highest BCUT2D eigenvalue weighted by Gasteiger charge is 2.28. The Balaban J connectivity index is 2.29. The zero-order chi connectivity index (χ0) is 15.8. The molecule has 1 aromatic rings. The van der Waals surface area contributed by atoms with E-state index in [0.29, 0.717) is 17.8 Å². The lowest BCUT2D eigenvalue weighted by Crippen LogP contribution is -2.36. The summed E-state index contributed by atoms with van der Waals surface area (Å²) in [6.45, 7) is 13.0. The van der Waals surface area contributed by atoms with Gasteiger partial charge in [-0.05, 0) is 25.2 Å². The quantitative estimate of drug-likeness (QED) is 0.867. The van der Waals surface area contributed by atoms with Crippen LogP contribution in [0.5, 0.6) is 0 Å². The Labute approximate surface area is 128 Å². The highest BCUT2D eigenvalue weighted by atomic mass is 15.1. The van der Waals surface area contributed by atoms with Crippen molar-refractivity contribution in [2.45, 2.75) is 72.3 Å². The van der Waals surface area contributed by atoms with Gasteiger partial charge in [0.1, 0.15) is 17.5 Å². The number of nitrogens with one attached hydrogen (secondary N) is 1. The van der Waals surface area contributed by atoms with Gasteiger partial charge in [-0.25, -0.2) is 9.97 Å². The van der Waals surface area contributed by atoms with Crippen molar-refractivity contribution in [3.8, 4) is 0 Å². The summed E-state index contributed by atoms with van der Waals surface area (Å²) in [7, 11) is 0. The third-order valence-electron chi connectivity index (χ3n) is 4.88. The van der Waals surface area contributed by atoms with E-state index in [1.54, 1.807) is 0 Å². The molecule has 0 radical (unpaired) electrons. The predicted molar refractivity (Wildman–Crippen MR) is 89.5 cm³/mol. The molecule has 0 spiro atoms. The van der Waals surface area contributed by atoms with Gasteiger partial charge < -0.3 is 11.1 Å². The van der Waals surface area contributed by atoms with E-state index in [9.17, 15) is 0 Å². The Bertz CT molecular complexity index is 504. The van der Waals surface area contributed by atoms with E-state index in [0.717, 1.165) is 23.1 Å². The van der Waals surface area contributed by atoms with Crippen LogP contribution in [0.4, 0.5) is 11.6 Å². The van der Waals surface area contributed by atoms with E-state index in [-0.39, 0.29) is 5.41 Å². The van der Waals surface area contributed by atoms with Crippen molar-refractivity contribution in [1.82, 2.24) is 9.97 Å². The molecule has 0 amide bonds. The SMILES string of the molecule is Cc1c(N)nc(C(C)(C)C)nc1NC1CCCC(C)C1C. The van der Waals surface area contributed by atoms with Crippen molar-refractivity contribution >= 4 is 11.6 Å². The minimum atomic E-state index is -0.0935. The van der Waals surface area contributed by atoms with E-state index < -0.39 is 0 Å². The fourth-order valence-electron chi connectivity index (χ4n) is 2.97. The molecule has 0 aliphatic heterocycles. The summed E-state index contributed by atoms with van der Waals surface area (Å²) in [5, 5.41) is 3.65. The highest BCUT2D eigenvalue weighted by molar-refractivity contribution is 5.55. The number of nitrogens with two attached hydrogens (primary N) is 1. The first-order chi connectivity index (χ1) is 9.70. The Kier molecular flexibility index (Phi) is 4.45. The average Bonchev–Trinajstić information content (AvgIpc) is 2.38. The molecular formula is C17H30N4. The minimum Gasteiger partial charge on any atom is -0.383 e. The molecule has 4 heteroatoms. The lowest BCUT2D eigenvalue weighted by atomic mass is 9.78. The maximum absolute atomic E-state index is 6.09. The smallest absolute Gasteiger partial charge is 0.138 e. The van der Waals surface area contributed by atoms with Gasteiger partial charge in [0.05, 0.1) is 0 Å². The zero-order valence-corrected chi connectivity index (χ0v) is 14.3. The summed E-state index contributed by atoms with van der Waals surface area (Å²) >= 11 is 0. The van der Waals surface area contributed by atoms with Crippen LogP contribution in [0.1, 0.15) is 65.3 Å². The number of hydrogen-bond donors (Lipinski definition) is 2. The maximum atomic E-state index is 6.09. The van der Waals surface area contributed by atoms with Gasteiger partial charge in [-0.15, -0.1) is 0 Å². The topological polar surface area (TPSA) is 63.8 Å². The fraction of sp³-hybridized carbons (Fsp3) is 0.765. The molecule has 1 heterocycles. The summed E-state index contributed by atoms with van der Waals surface area (Å²) in [6, 6.07) is 0.481. The Morgan fingerprint density at radius 2 is 1.81 bits per heavy atom. The average molecular weight is 290 g/mol. The predicted octanol–water partition coefficient (Wildman–Crippen LogP) is 3.90. The van der Waals surface area contributed by atoms with Crippen molar-refractivity contribution in [3.63, 3.8) is 0 Å². The van der Waals surface area contributed by atoms with E-state index in [2.05, 4.69) is 44.9 Å². The zero-order valence-electron chi connectivity index (χ0n) is 14.3. The highest BCUT2D eigenvalue weighted by Crippen LogP contribution is 2.33. The largest absolute Gasteiger partial charge is 0.383 e. The minimum absolute atomic E-state index is 0.0935. The first kappa shape index (κ1) is 16.1. The van der Waals surface area contributed by atoms with Crippen LogP contribution in [-0.2, 0) is 5.41 Å². The van der Waals surface area contributed by atoms with Gasteiger partial charge in [-0.2, -0.15) is 0 Å². The molecule has 21 heavy (non-hydrogen) atoms. The van der Waals surface area contributed by atoms with Crippen molar-refractivity contribution < 1.29 is 0 Å². The fourth-order valence-corrected chi connectivity index (χ4v) is 2.97. The molecule has 3 N–H and O–H groups in total. The second-order valence-electron chi connectivity index (χ2n) is 7.67. The molecule has 4 nitrogen and oxygen atoms in total. The van der Waals surface area contributed by atoms with Crippen LogP contribution < -0.4 is 11.1 Å². The number of rotatable bonds is 2. The number of nitrogens with zero attached hydrogens (tertiary/aromatic N) is 2.